The molecular weight excluding hydrogens is 206 g/mol. The summed E-state index contributed by atoms with van der Waals surface area (Å²) in [6.45, 7) is 3.66. The van der Waals surface area contributed by atoms with E-state index in [4.69, 9.17) is 5.11 Å². The number of carbonyl (C=O) groups excluding carboxylic acids is 1. The number of hydrogen-bond donors (Lipinski definition) is 2. The highest BCUT2D eigenvalue weighted by molar-refractivity contribution is 5.93. The van der Waals surface area contributed by atoms with Crippen molar-refractivity contribution in [2.24, 2.45) is 11.8 Å². The highest BCUT2D eigenvalue weighted by atomic mass is 16.4. The first kappa shape index (κ1) is 12.7. The Morgan fingerprint density at radius 3 is 2.44 bits per heavy atom. The van der Waals surface area contributed by atoms with Crippen molar-refractivity contribution in [2.75, 3.05) is 0 Å². The second kappa shape index (κ2) is 5.68. The zero-order valence-electron chi connectivity index (χ0n) is 9.82. The lowest BCUT2D eigenvalue weighted by molar-refractivity contribution is -0.135. The summed E-state index contributed by atoms with van der Waals surface area (Å²) >= 11 is 0. The minimum Gasteiger partial charge on any atom is -0.477 e. The molecule has 1 saturated carbocycles. The maximum Gasteiger partial charge on any atom is 0.352 e. The summed E-state index contributed by atoms with van der Waals surface area (Å²) in [5.41, 5.74) is -0.0252. The Morgan fingerprint density at radius 2 is 1.94 bits per heavy atom. The van der Waals surface area contributed by atoms with Gasteiger partial charge in [0.15, 0.2) is 0 Å². The summed E-state index contributed by atoms with van der Waals surface area (Å²) in [6.07, 6.45) is 5.55. The molecule has 1 fully saturated rings. The minimum atomic E-state index is -1.08. The zero-order chi connectivity index (χ0) is 12.1. The first-order chi connectivity index (χ1) is 7.56. The van der Waals surface area contributed by atoms with Crippen LogP contribution in [0.4, 0.5) is 0 Å². The van der Waals surface area contributed by atoms with E-state index in [0.717, 1.165) is 19.3 Å². The molecule has 0 spiro atoms. The van der Waals surface area contributed by atoms with Crippen LogP contribution in [0.25, 0.3) is 0 Å². The predicted molar refractivity (Wildman–Crippen MR) is 60.7 cm³/mol. The molecule has 0 radical (unpaired) electrons. The fraction of sp³-hybridized carbons (Fsp3) is 0.667. The molecule has 16 heavy (non-hydrogen) atoms. The number of rotatable bonds is 3. The lowest BCUT2D eigenvalue weighted by atomic mass is 9.80. The number of amides is 1. The largest absolute Gasteiger partial charge is 0.477 e. The number of nitrogens with one attached hydrogen (secondary N) is 1. The molecule has 0 aromatic heterocycles. The zero-order valence-corrected chi connectivity index (χ0v) is 9.82. The normalized spacial score (nSPS) is 26.2. The number of carbonyl (C=O) groups is 2. The molecule has 2 N–H and O–H groups in total. The third-order valence-electron chi connectivity index (χ3n) is 3.23. The highest BCUT2D eigenvalue weighted by Gasteiger charge is 2.28. The number of aliphatic carboxylic acids is 1. The van der Waals surface area contributed by atoms with Crippen molar-refractivity contribution in [3.8, 4) is 0 Å². The Bertz CT molecular complexity index is 309. The van der Waals surface area contributed by atoms with Gasteiger partial charge in [0.2, 0.25) is 5.91 Å². The molecule has 1 aliphatic carbocycles. The van der Waals surface area contributed by atoms with Crippen LogP contribution in [0.5, 0.6) is 0 Å². The Balaban J connectivity index is 2.60. The van der Waals surface area contributed by atoms with E-state index < -0.39 is 5.97 Å². The van der Waals surface area contributed by atoms with Gasteiger partial charge in [0.1, 0.15) is 5.70 Å². The molecule has 0 heterocycles. The van der Waals surface area contributed by atoms with Gasteiger partial charge in [0.05, 0.1) is 0 Å². The topological polar surface area (TPSA) is 66.4 Å². The number of hydrogen-bond acceptors (Lipinski definition) is 2. The van der Waals surface area contributed by atoms with Gasteiger partial charge in [-0.25, -0.2) is 4.79 Å². The summed E-state index contributed by atoms with van der Waals surface area (Å²) < 4.78 is 0. The van der Waals surface area contributed by atoms with E-state index in [1.54, 1.807) is 6.92 Å². The van der Waals surface area contributed by atoms with Crippen LogP contribution in [-0.4, -0.2) is 17.0 Å². The van der Waals surface area contributed by atoms with E-state index in [0.29, 0.717) is 5.92 Å². The maximum atomic E-state index is 11.9. The molecular formula is C12H19NO3. The molecule has 0 bridgehead atoms. The van der Waals surface area contributed by atoms with Crippen molar-refractivity contribution in [2.45, 2.75) is 39.5 Å². The van der Waals surface area contributed by atoms with Crippen LogP contribution >= 0.6 is 0 Å². The van der Waals surface area contributed by atoms with E-state index in [2.05, 4.69) is 12.2 Å². The lowest BCUT2D eigenvalue weighted by Gasteiger charge is -2.27. The standard InChI is InChI=1S/C12H19NO3/c1-3-10(12(15)16)13-11(14)9-7-5-4-6-8(9)2/h3,8-9H,4-7H2,1-2H3,(H,13,14)(H,15,16)/b10-3+. The highest BCUT2D eigenvalue weighted by Crippen LogP contribution is 2.29. The quantitative estimate of drug-likeness (QED) is 0.721. The van der Waals surface area contributed by atoms with Crippen LogP contribution in [0.15, 0.2) is 11.8 Å². The lowest BCUT2D eigenvalue weighted by Crippen LogP contribution is -2.37. The molecule has 1 aliphatic rings. The number of allylic oxidation sites excluding steroid dienone is 1. The molecule has 4 heteroatoms. The second-order valence-corrected chi connectivity index (χ2v) is 4.36. The number of carboxylic acid groups (broad SMARTS) is 1. The average Bonchev–Trinajstić information content (AvgIpc) is 2.25. The molecule has 0 aromatic rings. The molecule has 0 saturated heterocycles. The van der Waals surface area contributed by atoms with Crippen LogP contribution in [0.3, 0.4) is 0 Å². The molecule has 0 aliphatic heterocycles. The van der Waals surface area contributed by atoms with Crippen molar-refractivity contribution in [3.63, 3.8) is 0 Å². The van der Waals surface area contributed by atoms with Gasteiger partial charge in [-0.1, -0.05) is 25.8 Å². The third kappa shape index (κ3) is 3.08. The summed E-state index contributed by atoms with van der Waals surface area (Å²) in [7, 11) is 0. The molecule has 1 amide bonds. The minimum absolute atomic E-state index is 0.0252. The fourth-order valence-corrected chi connectivity index (χ4v) is 2.18. The summed E-state index contributed by atoms with van der Waals surface area (Å²) in [5, 5.41) is 11.3. The first-order valence-electron chi connectivity index (χ1n) is 5.76. The summed E-state index contributed by atoms with van der Waals surface area (Å²) in [4.78, 5) is 22.6. The monoisotopic (exact) mass is 225 g/mol. The summed E-state index contributed by atoms with van der Waals surface area (Å²) in [6, 6.07) is 0. The van der Waals surface area contributed by atoms with Crippen molar-refractivity contribution in [3.05, 3.63) is 11.8 Å². The van der Waals surface area contributed by atoms with Gasteiger partial charge in [-0.3, -0.25) is 4.79 Å². The second-order valence-electron chi connectivity index (χ2n) is 4.36. The van der Waals surface area contributed by atoms with Crippen LogP contribution < -0.4 is 5.32 Å². The van der Waals surface area contributed by atoms with Crippen molar-refractivity contribution >= 4 is 11.9 Å². The van der Waals surface area contributed by atoms with Gasteiger partial charge in [-0.2, -0.15) is 0 Å². The van der Waals surface area contributed by atoms with Crippen molar-refractivity contribution < 1.29 is 14.7 Å². The van der Waals surface area contributed by atoms with Gasteiger partial charge in [-0.05, 0) is 25.7 Å². The Labute approximate surface area is 95.7 Å². The number of carboxylic acids is 1. The molecule has 90 valence electrons. The van der Waals surface area contributed by atoms with Gasteiger partial charge >= 0.3 is 5.97 Å². The molecule has 2 unspecified atom stereocenters. The Kier molecular flexibility index (Phi) is 4.52. The van der Waals surface area contributed by atoms with Crippen LogP contribution in [0.2, 0.25) is 0 Å². The van der Waals surface area contributed by atoms with Gasteiger partial charge in [0, 0.05) is 5.92 Å². The fourth-order valence-electron chi connectivity index (χ4n) is 2.18. The molecule has 2 atom stereocenters. The molecule has 4 nitrogen and oxygen atoms in total. The Morgan fingerprint density at radius 1 is 1.31 bits per heavy atom. The Hall–Kier alpha value is -1.32. The van der Waals surface area contributed by atoms with E-state index >= 15 is 0 Å². The van der Waals surface area contributed by atoms with E-state index in [1.807, 2.05) is 0 Å². The van der Waals surface area contributed by atoms with E-state index in [1.165, 1.54) is 12.5 Å². The summed E-state index contributed by atoms with van der Waals surface area (Å²) in [5.74, 6) is -0.925. The van der Waals surface area contributed by atoms with Crippen LogP contribution in [-0.2, 0) is 9.59 Å². The van der Waals surface area contributed by atoms with Crippen molar-refractivity contribution in [1.29, 1.82) is 0 Å². The maximum absolute atomic E-state index is 11.9. The predicted octanol–water partition coefficient (Wildman–Crippen LogP) is 1.92. The van der Waals surface area contributed by atoms with E-state index in [9.17, 15) is 9.59 Å². The van der Waals surface area contributed by atoms with Gasteiger partial charge < -0.3 is 10.4 Å². The average molecular weight is 225 g/mol. The third-order valence-corrected chi connectivity index (χ3v) is 3.23. The molecule has 0 aromatic carbocycles. The van der Waals surface area contributed by atoms with Gasteiger partial charge in [0.25, 0.3) is 0 Å². The first-order valence-corrected chi connectivity index (χ1v) is 5.76. The SMILES string of the molecule is C/C=C(/NC(=O)C1CCCCC1C)C(=O)O. The smallest absolute Gasteiger partial charge is 0.352 e. The molecule has 1 rings (SSSR count). The van der Waals surface area contributed by atoms with Crippen molar-refractivity contribution in [1.82, 2.24) is 5.32 Å². The van der Waals surface area contributed by atoms with Gasteiger partial charge in [-0.15, -0.1) is 0 Å². The van der Waals surface area contributed by atoms with E-state index in [-0.39, 0.29) is 17.5 Å². The van der Waals surface area contributed by atoms with Crippen LogP contribution in [0.1, 0.15) is 39.5 Å². The van der Waals surface area contributed by atoms with Crippen LogP contribution in [0, 0.1) is 11.8 Å².